The molecule has 2 heterocycles. The van der Waals surface area contributed by atoms with Gasteiger partial charge in [-0.2, -0.15) is 4.98 Å². The number of hydrogen-bond donors (Lipinski definition) is 1. The lowest BCUT2D eigenvalue weighted by atomic mass is 10.1. The van der Waals surface area contributed by atoms with E-state index in [0.717, 1.165) is 18.9 Å². The summed E-state index contributed by atoms with van der Waals surface area (Å²) in [5.74, 6) is 1.55. The van der Waals surface area contributed by atoms with Crippen molar-refractivity contribution in [3.63, 3.8) is 0 Å². The molecule has 1 aromatic rings. The first kappa shape index (κ1) is 12.2. The van der Waals surface area contributed by atoms with Crippen LogP contribution >= 0.6 is 0 Å². The lowest BCUT2D eigenvalue weighted by molar-refractivity contribution is 0.237. The van der Waals surface area contributed by atoms with E-state index in [1.165, 1.54) is 32.4 Å². The monoisotopic (exact) mass is 235 g/mol. The van der Waals surface area contributed by atoms with Gasteiger partial charge in [-0.15, -0.1) is 0 Å². The average molecular weight is 235 g/mol. The first-order chi connectivity index (χ1) is 8.38. The van der Waals surface area contributed by atoms with Crippen LogP contribution in [0.25, 0.3) is 0 Å². The Morgan fingerprint density at radius 2 is 2.12 bits per heavy atom. The molecule has 0 bridgehead atoms. The van der Waals surface area contributed by atoms with Crippen molar-refractivity contribution in [2.45, 2.75) is 19.3 Å². The Labute approximate surface area is 103 Å². The molecule has 4 nitrogen and oxygen atoms in total. The summed E-state index contributed by atoms with van der Waals surface area (Å²) in [6.45, 7) is 4.53. The van der Waals surface area contributed by atoms with E-state index in [4.69, 9.17) is 4.74 Å². The molecule has 1 aromatic heterocycles. The summed E-state index contributed by atoms with van der Waals surface area (Å²) < 4.78 is 5.09. The highest BCUT2D eigenvalue weighted by molar-refractivity contribution is 5.36. The Balaban J connectivity index is 1.73. The van der Waals surface area contributed by atoms with Gasteiger partial charge in [-0.1, -0.05) is 12.5 Å². The fourth-order valence-corrected chi connectivity index (χ4v) is 2.15. The Hall–Kier alpha value is -1.29. The lowest BCUT2D eigenvalue weighted by Gasteiger charge is -2.26. The Morgan fingerprint density at radius 3 is 2.88 bits per heavy atom. The molecule has 2 rings (SSSR count). The van der Waals surface area contributed by atoms with Crippen LogP contribution in [-0.2, 0) is 0 Å². The highest BCUT2D eigenvalue weighted by Gasteiger charge is 2.08. The highest BCUT2D eigenvalue weighted by atomic mass is 16.5. The molecular formula is C13H21N3O. The molecule has 4 heteroatoms. The normalized spacial score (nSPS) is 16.8. The topological polar surface area (TPSA) is 37.4 Å². The first-order valence-corrected chi connectivity index (χ1v) is 6.36. The number of anilines is 1. The second-order valence-corrected chi connectivity index (χ2v) is 4.39. The maximum Gasteiger partial charge on any atom is 0.214 e. The van der Waals surface area contributed by atoms with Gasteiger partial charge in [-0.05, 0) is 32.0 Å². The van der Waals surface area contributed by atoms with Crippen LogP contribution in [0.5, 0.6) is 5.88 Å². The van der Waals surface area contributed by atoms with Gasteiger partial charge in [0.2, 0.25) is 5.88 Å². The fourth-order valence-electron chi connectivity index (χ4n) is 2.15. The number of nitrogens with zero attached hydrogens (tertiary/aromatic N) is 2. The van der Waals surface area contributed by atoms with Crippen LogP contribution in [0.3, 0.4) is 0 Å². The van der Waals surface area contributed by atoms with Crippen LogP contribution in [0, 0.1) is 0 Å². The number of pyridine rings is 1. The molecule has 17 heavy (non-hydrogen) atoms. The summed E-state index contributed by atoms with van der Waals surface area (Å²) >= 11 is 0. The van der Waals surface area contributed by atoms with Crippen LogP contribution in [0.4, 0.5) is 5.82 Å². The van der Waals surface area contributed by atoms with Gasteiger partial charge in [-0.3, -0.25) is 0 Å². The molecule has 1 saturated heterocycles. The van der Waals surface area contributed by atoms with Gasteiger partial charge >= 0.3 is 0 Å². The van der Waals surface area contributed by atoms with Gasteiger partial charge in [0.15, 0.2) is 0 Å². The molecule has 0 unspecified atom stereocenters. The maximum absolute atomic E-state index is 5.09. The van der Waals surface area contributed by atoms with Gasteiger partial charge in [0.05, 0.1) is 7.11 Å². The number of rotatable bonds is 5. The Bertz CT molecular complexity index is 337. The minimum absolute atomic E-state index is 0.660. The molecule has 0 aromatic carbocycles. The van der Waals surface area contributed by atoms with E-state index < -0.39 is 0 Å². The third kappa shape index (κ3) is 3.89. The molecule has 1 aliphatic rings. The molecule has 1 N–H and O–H groups in total. The summed E-state index contributed by atoms with van der Waals surface area (Å²) in [5, 5.41) is 3.33. The second-order valence-electron chi connectivity index (χ2n) is 4.39. The van der Waals surface area contributed by atoms with E-state index in [2.05, 4.69) is 15.2 Å². The van der Waals surface area contributed by atoms with Crippen molar-refractivity contribution < 1.29 is 4.74 Å². The van der Waals surface area contributed by atoms with Gasteiger partial charge in [0.25, 0.3) is 0 Å². The Morgan fingerprint density at radius 1 is 1.29 bits per heavy atom. The molecule has 1 fully saturated rings. The largest absolute Gasteiger partial charge is 0.481 e. The molecule has 1 aliphatic heterocycles. The fraction of sp³-hybridized carbons (Fsp3) is 0.615. The zero-order chi connectivity index (χ0) is 11.9. The van der Waals surface area contributed by atoms with E-state index in [9.17, 15) is 0 Å². The molecule has 0 spiro atoms. The molecule has 0 aliphatic carbocycles. The minimum Gasteiger partial charge on any atom is -0.481 e. The van der Waals surface area contributed by atoms with Crippen molar-refractivity contribution in [3.05, 3.63) is 18.2 Å². The van der Waals surface area contributed by atoms with Crippen LogP contribution in [0.2, 0.25) is 0 Å². The third-order valence-electron chi connectivity index (χ3n) is 3.12. The molecule has 0 amide bonds. The maximum atomic E-state index is 5.09. The number of ether oxygens (including phenoxy) is 1. The minimum atomic E-state index is 0.660. The number of piperidine rings is 1. The standard InChI is InChI=1S/C13H21N3O/c1-17-13-7-5-6-12(15-13)14-8-11-16-9-3-2-4-10-16/h5-7H,2-4,8-11H2,1H3,(H,14,15). The van der Waals surface area contributed by atoms with Gasteiger partial charge in [0, 0.05) is 19.2 Å². The summed E-state index contributed by atoms with van der Waals surface area (Å²) in [7, 11) is 1.64. The Kier molecular flexibility index (Phi) is 4.62. The summed E-state index contributed by atoms with van der Waals surface area (Å²) in [6, 6.07) is 5.78. The van der Waals surface area contributed by atoms with Crippen LogP contribution in [-0.4, -0.2) is 43.2 Å². The highest BCUT2D eigenvalue weighted by Crippen LogP contribution is 2.11. The lowest BCUT2D eigenvalue weighted by Crippen LogP contribution is -2.33. The van der Waals surface area contributed by atoms with E-state index in [0.29, 0.717) is 5.88 Å². The molecule has 94 valence electrons. The van der Waals surface area contributed by atoms with Gasteiger partial charge in [0.1, 0.15) is 5.82 Å². The SMILES string of the molecule is COc1cccc(NCCN2CCCCC2)n1. The number of hydrogen-bond acceptors (Lipinski definition) is 4. The summed E-state index contributed by atoms with van der Waals surface area (Å²) in [4.78, 5) is 6.83. The van der Waals surface area contributed by atoms with Crippen molar-refractivity contribution in [2.75, 3.05) is 38.6 Å². The zero-order valence-electron chi connectivity index (χ0n) is 10.5. The van der Waals surface area contributed by atoms with E-state index >= 15 is 0 Å². The third-order valence-corrected chi connectivity index (χ3v) is 3.12. The van der Waals surface area contributed by atoms with Crippen LogP contribution < -0.4 is 10.1 Å². The molecule has 0 saturated carbocycles. The van der Waals surface area contributed by atoms with Crippen LogP contribution in [0.15, 0.2) is 18.2 Å². The summed E-state index contributed by atoms with van der Waals surface area (Å²) in [5.41, 5.74) is 0. The molecule has 0 radical (unpaired) electrons. The van der Waals surface area contributed by atoms with Crippen LogP contribution in [0.1, 0.15) is 19.3 Å². The number of nitrogens with one attached hydrogen (secondary N) is 1. The molecular weight excluding hydrogens is 214 g/mol. The van der Waals surface area contributed by atoms with Gasteiger partial charge < -0.3 is 15.0 Å². The molecule has 0 atom stereocenters. The first-order valence-electron chi connectivity index (χ1n) is 6.36. The predicted octanol–water partition coefficient (Wildman–Crippen LogP) is 1.99. The number of aromatic nitrogens is 1. The summed E-state index contributed by atoms with van der Waals surface area (Å²) in [6.07, 6.45) is 4.08. The quantitative estimate of drug-likeness (QED) is 0.847. The smallest absolute Gasteiger partial charge is 0.214 e. The van der Waals surface area contributed by atoms with Crippen molar-refractivity contribution in [2.24, 2.45) is 0 Å². The zero-order valence-corrected chi connectivity index (χ0v) is 10.5. The average Bonchev–Trinajstić information content (AvgIpc) is 2.40. The second kappa shape index (κ2) is 6.45. The van der Waals surface area contributed by atoms with Crippen molar-refractivity contribution in [1.82, 2.24) is 9.88 Å². The van der Waals surface area contributed by atoms with Gasteiger partial charge in [-0.25, -0.2) is 0 Å². The predicted molar refractivity (Wildman–Crippen MR) is 69.6 cm³/mol. The van der Waals surface area contributed by atoms with Crippen molar-refractivity contribution >= 4 is 5.82 Å². The van der Waals surface area contributed by atoms with E-state index in [-0.39, 0.29) is 0 Å². The van der Waals surface area contributed by atoms with E-state index in [1.807, 2.05) is 18.2 Å². The van der Waals surface area contributed by atoms with E-state index in [1.54, 1.807) is 7.11 Å². The number of likely N-dealkylation sites (tertiary alicyclic amines) is 1. The van der Waals surface area contributed by atoms with Crippen molar-refractivity contribution in [3.8, 4) is 5.88 Å². The number of methoxy groups -OCH3 is 1. The van der Waals surface area contributed by atoms with Crippen molar-refractivity contribution in [1.29, 1.82) is 0 Å².